The second-order valence-corrected chi connectivity index (χ2v) is 2.52. The first kappa shape index (κ1) is 9.20. The molecule has 0 aliphatic rings. The summed E-state index contributed by atoms with van der Waals surface area (Å²) < 4.78 is 13.0. The highest BCUT2D eigenvalue weighted by Crippen LogP contribution is 2.20. The lowest BCUT2D eigenvalue weighted by atomic mass is 10.0. The third-order valence-corrected chi connectivity index (χ3v) is 1.55. The first-order valence-corrected chi connectivity index (χ1v) is 3.50. The van der Waals surface area contributed by atoms with E-state index in [4.69, 9.17) is 10.4 Å². The fourth-order valence-electron chi connectivity index (χ4n) is 1.04. The number of ketones is 1. The summed E-state index contributed by atoms with van der Waals surface area (Å²) in [6, 6.07) is 3.50. The Balaban J connectivity index is 3.50. The van der Waals surface area contributed by atoms with Crippen LogP contribution in [0.4, 0.5) is 4.39 Å². The van der Waals surface area contributed by atoms with Crippen molar-refractivity contribution in [1.82, 2.24) is 0 Å². The van der Waals surface area contributed by atoms with E-state index >= 15 is 0 Å². The molecule has 1 aromatic rings. The standard InChI is InChI=1S/C9H6FNO2/c1-5(12)9-6(4-11)2-7(13)3-8(9)10/h2-3,13H,1H3. The Morgan fingerprint density at radius 1 is 1.62 bits per heavy atom. The van der Waals surface area contributed by atoms with Gasteiger partial charge >= 0.3 is 0 Å². The third-order valence-electron chi connectivity index (χ3n) is 1.55. The molecule has 0 radical (unpaired) electrons. The van der Waals surface area contributed by atoms with Crippen molar-refractivity contribution < 1.29 is 14.3 Å². The van der Waals surface area contributed by atoms with Gasteiger partial charge in [-0.05, 0) is 13.0 Å². The Kier molecular flexibility index (Phi) is 2.29. The number of nitrogens with zero attached hydrogens (tertiary/aromatic N) is 1. The molecule has 1 N–H and O–H groups in total. The van der Waals surface area contributed by atoms with Gasteiger partial charge in [0.15, 0.2) is 5.78 Å². The van der Waals surface area contributed by atoms with E-state index in [-0.39, 0.29) is 16.9 Å². The molecular formula is C9H6FNO2. The number of phenolic OH excluding ortho intramolecular Hbond substituents is 1. The molecular weight excluding hydrogens is 173 g/mol. The van der Waals surface area contributed by atoms with Gasteiger partial charge in [0.25, 0.3) is 0 Å². The number of carbonyl (C=O) groups is 1. The van der Waals surface area contributed by atoms with E-state index in [9.17, 15) is 9.18 Å². The highest BCUT2D eigenvalue weighted by Gasteiger charge is 2.14. The lowest BCUT2D eigenvalue weighted by Crippen LogP contribution is -2.00. The molecule has 0 unspecified atom stereocenters. The highest BCUT2D eigenvalue weighted by molar-refractivity contribution is 5.96. The SMILES string of the molecule is CC(=O)c1c(F)cc(O)cc1C#N. The molecule has 0 amide bonds. The highest BCUT2D eigenvalue weighted by atomic mass is 19.1. The third kappa shape index (κ3) is 1.64. The van der Waals surface area contributed by atoms with Crippen molar-refractivity contribution in [2.24, 2.45) is 0 Å². The number of phenols is 1. The van der Waals surface area contributed by atoms with Crippen LogP contribution in [-0.4, -0.2) is 10.9 Å². The van der Waals surface area contributed by atoms with E-state index in [0.29, 0.717) is 0 Å². The van der Waals surface area contributed by atoms with Crippen LogP contribution >= 0.6 is 0 Å². The maximum absolute atomic E-state index is 13.0. The summed E-state index contributed by atoms with van der Waals surface area (Å²) in [4.78, 5) is 10.9. The molecule has 0 heterocycles. The van der Waals surface area contributed by atoms with Crippen LogP contribution in [0.25, 0.3) is 0 Å². The van der Waals surface area contributed by atoms with Crippen molar-refractivity contribution in [2.45, 2.75) is 6.92 Å². The summed E-state index contributed by atoms with van der Waals surface area (Å²) in [7, 11) is 0. The largest absolute Gasteiger partial charge is 0.508 e. The first-order chi connectivity index (χ1) is 6.06. The van der Waals surface area contributed by atoms with Crippen LogP contribution in [0.5, 0.6) is 5.75 Å². The van der Waals surface area contributed by atoms with E-state index in [1.165, 1.54) is 0 Å². The minimum atomic E-state index is -0.871. The van der Waals surface area contributed by atoms with Gasteiger partial charge in [-0.15, -0.1) is 0 Å². The quantitative estimate of drug-likeness (QED) is 0.666. The summed E-state index contributed by atoms with van der Waals surface area (Å²) in [5, 5.41) is 17.5. The van der Waals surface area contributed by atoms with Gasteiger partial charge in [-0.25, -0.2) is 4.39 Å². The van der Waals surface area contributed by atoms with Crippen LogP contribution in [0, 0.1) is 17.1 Å². The molecule has 13 heavy (non-hydrogen) atoms. The smallest absolute Gasteiger partial charge is 0.164 e. The Hall–Kier alpha value is -1.89. The van der Waals surface area contributed by atoms with Gasteiger partial charge in [0.05, 0.1) is 11.1 Å². The summed E-state index contributed by atoms with van der Waals surface area (Å²) >= 11 is 0. The zero-order valence-corrected chi connectivity index (χ0v) is 6.84. The predicted molar refractivity (Wildman–Crippen MR) is 42.8 cm³/mol. The van der Waals surface area contributed by atoms with Gasteiger partial charge in [-0.1, -0.05) is 0 Å². The molecule has 0 aliphatic carbocycles. The zero-order valence-electron chi connectivity index (χ0n) is 6.84. The van der Waals surface area contributed by atoms with E-state index < -0.39 is 11.6 Å². The number of rotatable bonds is 1. The van der Waals surface area contributed by atoms with E-state index in [0.717, 1.165) is 19.1 Å². The fraction of sp³-hybridized carbons (Fsp3) is 0.111. The molecule has 0 aliphatic heterocycles. The predicted octanol–water partition coefficient (Wildman–Crippen LogP) is 1.61. The van der Waals surface area contributed by atoms with Gasteiger partial charge in [0.2, 0.25) is 0 Å². The van der Waals surface area contributed by atoms with Crippen LogP contribution in [0.3, 0.4) is 0 Å². The minimum Gasteiger partial charge on any atom is -0.508 e. The summed E-state index contributed by atoms with van der Waals surface area (Å²) in [5.41, 5.74) is -0.426. The minimum absolute atomic E-state index is 0.148. The van der Waals surface area contributed by atoms with Gasteiger partial charge < -0.3 is 5.11 Å². The molecule has 3 nitrogen and oxygen atoms in total. The zero-order chi connectivity index (χ0) is 10.0. The van der Waals surface area contributed by atoms with Gasteiger partial charge in [0.1, 0.15) is 17.6 Å². The first-order valence-electron chi connectivity index (χ1n) is 3.50. The van der Waals surface area contributed by atoms with Crippen molar-refractivity contribution in [3.8, 4) is 11.8 Å². The van der Waals surface area contributed by atoms with Crippen LogP contribution in [0.2, 0.25) is 0 Å². The molecule has 0 saturated carbocycles. The van der Waals surface area contributed by atoms with Crippen molar-refractivity contribution >= 4 is 5.78 Å². The van der Waals surface area contributed by atoms with E-state index in [1.54, 1.807) is 6.07 Å². The Bertz CT molecular complexity index is 407. The number of hydrogen-bond donors (Lipinski definition) is 1. The number of nitriles is 1. The lowest BCUT2D eigenvalue weighted by Gasteiger charge is -2.01. The monoisotopic (exact) mass is 179 g/mol. The Morgan fingerprint density at radius 3 is 2.69 bits per heavy atom. The maximum Gasteiger partial charge on any atom is 0.164 e. The van der Waals surface area contributed by atoms with Crippen LogP contribution in [-0.2, 0) is 0 Å². The summed E-state index contributed by atoms with van der Waals surface area (Å²) in [6.07, 6.45) is 0. The molecule has 66 valence electrons. The summed E-state index contributed by atoms with van der Waals surface area (Å²) in [5.74, 6) is -1.77. The van der Waals surface area contributed by atoms with Gasteiger partial charge in [-0.2, -0.15) is 5.26 Å². The molecule has 0 spiro atoms. The van der Waals surface area contributed by atoms with Crippen molar-refractivity contribution in [3.63, 3.8) is 0 Å². The second-order valence-electron chi connectivity index (χ2n) is 2.52. The Labute approximate surface area is 74.0 Å². The molecule has 0 saturated heterocycles. The molecule has 0 bridgehead atoms. The molecule has 0 aromatic heterocycles. The van der Waals surface area contributed by atoms with Crippen molar-refractivity contribution in [1.29, 1.82) is 5.26 Å². The van der Waals surface area contributed by atoms with Crippen LogP contribution in [0.15, 0.2) is 12.1 Å². The summed E-state index contributed by atoms with van der Waals surface area (Å²) in [6.45, 7) is 1.16. The number of aromatic hydroxyl groups is 1. The molecule has 1 rings (SSSR count). The van der Waals surface area contributed by atoms with Crippen LogP contribution in [0.1, 0.15) is 22.8 Å². The molecule has 4 heteroatoms. The molecule has 1 aromatic carbocycles. The number of benzene rings is 1. The number of halogens is 1. The van der Waals surface area contributed by atoms with Crippen molar-refractivity contribution in [2.75, 3.05) is 0 Å². The topological polar surface area (TPSA) is 61.1 Å². The molecule has 0 atom stereocenters. The molecule has 0 fully saturated rings. The number of carbonyl (C=O) groups excluding carboxylic acids is 1. The average Bonchev–Trinajstić information content (AvgIpc) is 2.01. The van der Waals surface area contributed by atoms with Gasteiger partial charge in [-0.3, -0.25) is 4.79 Å². The van der Waals surface area contributed by atoms with E-state index in [1.807, 2.05) is 0 Å². The maximum atomic E-state index is 13.0. The van der Waals surface area contributed by atoms with Crippen LogP contribution < -0.4 is 0 Å². The number of hydrogen-bond acceptors (Lipinski definition) is 3. The normalized spacial score (nSPS) is 9.31. The lowest BCUT2D eigenvalue weighted by molar-refractivity contribution is 0.101. The van der Waals surface area contributed by atoms with Crippen molar-refractivity contribution in [3.05, 3.63) is 29.1 Å². The van der Waals surface area contributed by atoms with E-state index in [2.05, 4.69) is 0 Å². The fourth-order valence-corrected chi connectivity index (χ4v) is 1.04. The second kappa shape index (κ2) is 3.23. The van der Waals surface area contributed by atoms with Gasteiger partial charge in [0, 0.05) is 6.07 Å². The average molecular weight is 179 g/mol. The number of Topliss-reactive ketones (excluding diaryl/α,β-unsaturated/α-hetero) is 1. The Morgan fingerprint density at radius 2 is 2.23 bits per heavy atom.